The van der Waals surface area contributed by atoms with Gasteiger partial charge in [-0.15, -0.1) is 0 Å². The summed E-state index contributed by atoms with van der Waals surface area (Å²) in [6, 6.07) is 8.19. The molecule has 3 aliphatic rings. The number of ether oxygens (including phenoxy) is 1. The number of likely N-dealkylation sites (tertiary alicyclic amines) is 1. The van der Waals surface area contributed by atoms with Crippen molar-refractivity contribution in [3.8, 4) is 11.8 Å². The number of hydrogen-bond donors (Lipinski definition) is 2. The molecule has 1 aromatic heterocycles. The Hall–Kier alpha value is -3.34. The topological polar surface area (TPSA) is 115 Å². The standard InChI is InChI=1S/C27H32N4O4/c1-35-24-9-5-7-20-19(24)13-21(30-20)26(34)31-16-27(10-2-3-11-27)14-22(31)25(33)29-18(15-28)12-17-6-4-8-23(17)32/h5,7,9,13,17-18,22,30H,2-4,6,8,10-12,14,16H2,1H3,(H,29,33)/t17-,18-,22-/m0/s1. The van der Waals surface area contributed by atoms with Gasteiger partial charge in [0, 0.05) is 29.8 Å². The van der Waals surface area contributed by atoms with Crippen LogP contribution < -0.4 is 10.1 Å². The Morgan fingerprint density at radius 3 is 2.80 bits per heavy atom. The molecule has 3 atom stereocenters. The van der Waals surface area contributed by atoms with E-state index >= 15 is 0 Å². The van der Waals surface area contributed by atoms with Gasteiger partial charge in [-0.2, -0.15) is 5.26 Å². The number of benzene rings is 1. The molecule has 1 saturated heterocycles. The number of carbonyl (C=O) groups is 3. The Labute approximate surface area is 205 Å². The highest BCUT2D eigenvalue weighted by Gasteiger charge is 2.50. The third kappa shape index (κ3) is 4.40. The molecule has 5 rings (SSSR count). The molecule has 2 amide bonds. The predicted molar refractivity (Wildman–Crippen MR) is 130 cm³/mol. The first-order valence-corrected chi connectivity index (χ1v) is 12.6. The van der Waals surface area contributed by atoms with Crippen molar-refractivity contribution in [1.29, 1.82) is 5.26 Å². The average Bonchev–Trinajstić information content (AvgIpc) is 3.65. The molecule has 8 heteroatoms. The zero-order valence-corrected chi connectivity index (χ0v) is 20.1. The smallest absolute Gasteiger partial charge is 0.271 e. The van der Waals surface area contributed by atoms with E-state index in [9.17, 15) is 19.6 Å². The quantitative estimate of drug-likeness (QED) is 0.659. The zero-order chi connectivity index (χ0) is 24.6. The molecule has 2 aromatic rings. The van der Waals surface area contributed by atoms with Crippen LogP contribution >= 0.6 is 0 Å². The average molecular weight is 477 g/mol. The predicted octanol–water partition coefficient (Wildman–Crippen LogP) is 3.72. The molecular formula is C27H32N4O4. The minimum absolute atomic E-state index is 0.0507. The van der Waals surface area contributed by atoms with Crippen LogP contribution in [0.25, 0.3) is 10.9 Å². The number of rotatable bonds is 6. The van der Waals surface area contributed by atoms with Crippen molar-refractivity contribution >= 4 is 28.5 Å². The normalized spacial score (nSPS) is 24.1. The van der Waals surface area contributed by atoms with Crippen LogP contribution in [-0.2, 0) is 9.59 Å². The molecule has 0 bridgehead atoms. The van der Waals surface area contributed by atoms with Crippen LogP contribution in [0, 0.1) is 22.7 Å². The van der Waals surface area contributed by atoms with Gasteiger partial charge in [0.25, 0.3) is 5.91 Å². The summed E-state index contributed by atoms with van der Waals surface area (Å²) in [6.07, 6.45) is 7.32. The van der Waals surface area contributed by atoms with Gasteiger partial charge in [0.15, 0.2) is 0 Å². The maximum absolute atomic E-state index is 13.7. The highest BCUT2D eigenvalue weighted by atomic mass is 16.5. The number of nitriles is 1. The van der Waals surface area contributed by atoms with E-state index in [-0.39, 0.29) is 28.9 Å². The summed E-state index contributed by atoms with van der Waals surface area (Å²) in [6.45, 7) is 0.536. The largest absolute Gasteiger partial charge is 0.496 e. The molecule has 2 N–H and O–H groups in total. The third-order valence-electron chi connectivity index (χ3n) is 8.23. The molecule has 184 valence electrons. The van der Waals surface area contributed by atoms with Crippen molar-refractivity contribution in [2.75, 3.05) is 13.7 Å². The van der Waals surface area contributed by atoms with Gasteiger partial charge in [0.05, 0.1) is 13.2 Å². The number of amides is 2. The summed E-state index contributed by atoms with van der Waals surface area (Å²) in [4.78, 5) is 44.1. The molecule has 0 radical (unpaired) electrons. The van der Waals surface area contributed by atoms with Crippen LogP contribution in [0.15, 0.2) is 24.3 Å². The fraction of sp³-hybridized carbons (Fsp3) is 0.556. The molecule has 1 spiro atoms. The zero-order valence-electron chi connectivity index (χ0n) is 20.1. The Bertz CT molecular complexity index is 1190. The van der Waals surface area contributed by atoms with E-state index in [1.807, 2.05) is 18.2 Å². The number of ketones is 1. The van der Waals surface area contributed by atoms with Gasteiger partial charge < -0.3 is 19.9 Å². The maximum Gasteiger partial charge on any atom is 0.271 e. The number of H-pyrrole nitrogens is 1. The van der Waals surface area contributed by atoms with Crippen molar-refractivity contribution in [3.05, 3.63) is 30.0 Å². The minimum Gasteiger partial charge on any atom is -0.496 e. The lowest BCUT2D eigenvalue weighted by Crippen LogP contribution is -2.49. The summed E-state index contributed by atoms with van der Waals surface area (Å²) in [5, 5.41) is 13.4. The minimum atomic E-state index is -0.732. The van der Waals surface area contributed by atoms with E-state index in [0.717, 1.165) is 49.4 Å². The monoisotopic (exact) mass is 476 g/mol. The number of aromatic amines is 1. The van der Waals surface area contributed by atoms with Crippen molar-refractivity contribution < 1.29 is 19.1 Å². The van der Waals surface area contributed by atoms with Crippen molar-refractivity contribution in [2.24, 2.45) is 11.3 Å². The number of Topliss-reactive ketones (excluding diaryl/α,β-unsaturated/α-hetero) is 1. The number of nitrogens with one attached hydrogen (secondary N) is 2. The Morgan fingerprint density at radius 1 is 1.31 bits per heavy atom. The molecule has 0 unspecified atom stereocenters. The van der Waals surface area contributed by atoms with E-state index in [2.05, 4.69) is 16.4 Å². The van der Waals surface area contributed by atoms with Gasteiger partial charge in [0.2, 0.25) is 5.91 Å². The summed E-state index contributed by atoms with van der Waals surface area (Å²) in [5.74, 6) is 0.179. The fourth-order valence-corrected chi connectivity index (χ4v) is 6.40. The maximum atomic E-state index is 13.7. The van der Waals surface area contributed by atoms with Gasteiger partial charge in [-0.05, 0) is 62.1 Å². The van der Waals surface area contributed by atoms with Gasteiger partial charge in [0.1, 0.15) is 29.3 Å². The van der Waals surface area contributed by atoms with Crippen molar-refractivity contribution in [1.82, 2.24) is 15.2 Å². The highest BCUT2D eigenvalue weighted by Crippen LogP contribution is 2.48. The molecule has 8 nitrogen and oxygen atoms in total. The van der Waals surface area contributed by atoms with Crippen LogP contribution in [0.4, 0.5) is 0 Å². The lowest BCUT2D eigenvalue weighted by atomic mass is 9.84. The molecule has 2 aliphatic carbocycles. The van der Waals surface area contributed by atoms with Gasteiger partial charge in [-0.3, -0.25) is 14.4 Å². The molecular weight excluding hydrogens is 444 g/mol. The molecule has 35 heavy (non-hydrogen) atoms. The Morgan fingerprint density at radius 2 is 2.11 bits per heavy atom. The van der Waals surface area contributed by atoms with Crippen molar-refractivity contribution in [3.63, 3.8) is 0 Å². The lowest BCUT2D eigenvalue weighted by Gasteiger charge is -2.25. The molecule has 1 aliphatic heterocycles. The SMILES string of the molecule is COc1cccc2[nH]c(C(=O)N3CC4(CCCC4)C[C@H]3C(=O)N[C@H](C#N)C[C@@H]3CCCC3=O)cc12. The highest BCUT2D eigenvalue weighted by molar-refractivity contribution is 6.02. The molecule has 1 aromatic carbocycles. The van der Waals surface area contributed by atoms with Gasteiger partial charge in [-0.1, -0.05) is 18.9 Å². The van der Waals surface area contributed by atoms with E-state index in [0.29, 0.717) is 37.3 Å². The van der Waals surface area contributed by atoms with E-state index < -0.39 is 12.1 Å². The lowest BCUT2D eigenvalue weighted by molar-refractivity contribution is -0.126. The first-order valence-electron chi connectivity index (χ1n) is 12.6. The summed E-state index contributed by atoms with van der Waals surface area (Å²) < 4.78 is 5.44. The van der Waals surface area contributed by atoms with Crippen LogP contribution in [0.2, 0.25) is 0 Å². The Balaban J connectivity index is 1.38. The second-order valence-electron chi connectivity index (χ2n) is 10.4. The number of carbonyl (C=O) groups excluding carboxylic acids is 3. The van der Waals surface area contributed by atoms with Crippen LogP contribution in [0.1, 0.15) is 68.3 Å². The number of nitrogens with zero attached hydrogens (tertiary/aromatic N) is 2. The number of methoxy groups -OCH3 is 1. The number of aromatic nitrogens is 1. The Kier molecular flexibility index (Phi) is 6.26. The van der Waals surface area contributed by atoms with E-state index in [4.69, 9.17) is 4.74 Å². The summed E-state index contributed by atoms with van der Waals surface area (Å²) in [7, 11) is 1.60. The first kappa shape index (κ1) is 23.4. The van der Waals surface area contributed by atoms with Crippen LogP contribution in [0.3, 0.4) is 0 Å². The van der Waals surface area contributed by atoms with E-state index in [1.165, 1.54) is 0 Å². The van der Waals surface area contributed by atoms with Gasteiger partial charge in [-0.25, -0.2) is 0 Å². The van der Waals surface area contributed by atoms with Crippen molar-refractivity contribution in [2.45, 2.75) is 69.9 Å². The van der Waals surface area contributed by atoms with Crippen LogP contribution in [0.5, 0.6) is 5.75 Å². The third-order valence-corrected chi connectivity index (χ3v) is 8.23. The molecule has 2 heterocycles. The molecule has 3 fully saturated rings. The summed E-state index contributed by atoms with van der Waals surface area (Å²) >= 11 is 0. The van der Waals surface area contributed by atoms with E-state index in [1.54, 1.807) is 18.1 Å². The van der Waals surface area contributed by atoms with Gasteiger partial charge >= 0.3 is 0 Å². The number of fused-ring (bicyclic) bond motifs is 1. The second kappa shape index (κ2) is 9.37. The first-order chi connectivity index (χ1) is 16.9. The second-order valence-corrected chi connectivity index (χ2v) is 10.4. The van der Waals surface area contributed by atoms with Crippen LogP contribution in [-0.4, -0.2) is 53.2 Å². The molecule has 2 saturated carbocycles. The summed E-state index contributed by atoms with van der Waals surface area (Å²) in [5.41, 5.74) is 1.17. The fourth-order valence-electron chi connectivity index (χ4n) is 6.40. The number of hydrogen-bond acceptors (Lipinski definition) is 5.